The van der Waals surface area contributed by atoms with Gasteiger partial charge in [-0.1, -0.05) is 48.0 Å². The van der Waals surface area contributed by atoms with E-state index >= 15 is 0 Å². The number of hydrazine groups is 1. The lowest BCUT2D eigenvalue weighted by atomic mass is 10.2. The van der Waals surface area contributed by atoms with Gasteiger partial charge in [-0.25, -0.2) is 27.9 Å². The molecule has 2 aromatic carbocycles. The number of nitrogens with zero attached hydrogens (tertiary/aromatic N) is 3. The van der Waals surface area contributed by atoms with E-state index in [2.05, 4.69) is 15.1 Å². The molecule has 2 amide bonds. The van der Waals surface area contributed by atoms with Gasteiger partial charge in [0, 0.05) is 31.6 Å². The highest BCUT2D eigenvalue weighted by molar-refractivity contribution is 7.88. The number of rotatable bonds is 12. The van der Waals surface area contributed by atoms with E-state index in [-0.39, 0.29) is 30.5 Å². The van der Waals surface area contributed by atoms with Gasteiger partial charge in [0.1, 0.15) is 5.82 Å². The zero-order valence-electron chi connectivity index (χ0n) is 19.5. The molecule has 1 aromatic heterocycles. The van der Waals surface area contributed by atoms with Crippen LogP contribution in [0.5, 0.6) is 0 Å². The van der Waals surface area contributed by atoms with E-state index in [1.54, 1.807) is 18.3 Å². The summed E-state index contributed by atoms with van der Waals surface area (Å²) < 4.78 is 39.6. The van der Waals surface area contributed by atoms with Crippen molar-refractivity contribution in [3.05, 3.63) is 71.1 Å². The van der Waals surface area contributed by atoms with Gasteiger partial charge in [-0.2, -0.15) is 5.06 Å². The van der Waals surface area contributed by atoms with Crippen molar-refractivity contribution in [1.82, 2.24) is 20.1 Å². The summed E-state index contributed by atoms with van der Waals surface area (Å²) in [6.07, 6.45) is 2.97. The average Bonchev–Trinajstić information content (AvgIpc) is 2.84. The zero-order chi connectivity index (χ0) is 26.3. The van der Waals surface area contributed by atoms with Crippen molar-refractivity contribution >= 4 is 50.5 Å². The summed E-state index contributed by atoms with van der Waals surface area (Å²) in [5, 5.41) is 3.61. The topological polar surface area (TPSA) is 121 Å². The first-order valence-electron chi connectivity index (χ1n) is 10.7. The maximum Gasteiger partial charge on any atom is 0.239 e. The Bertz CT molecular complexity index is 1340. The van der Waals surface area contributed by atoms with Gasteiger partial charge in [0.2, 0.25) is 22.3 Å². The van der Waals surface area contributed by atoms with Gasteiger partial charge in [0.25, 0.3) is 0 Å². The lowest BCUT2D eigenvalue weighted by Gasteiger charge is -2.32. The molecule has 3 rings (SSSR count). The van der Waals surface area contributed by atoms with Crippen molar-refractivity contribution in [1.29, 1.82) is 0 Å². The molecular weight excluding hydrogens is 513 g/mol. The second-order valence-corrected chi connectivity index (χ2v) is 10.0. The summed E-state index contributed by atoms with van der Waals surface area (Å²) in [7, 11) is -3.62. The second kappa shape index (κ2) is 12.2. The number of carbonyl (C=O) groups is 2. The Morgan fingerprint density at radius 3 is 2.61 bits per heavy atom. The minimum Gasteiger partial charge on any atom is -0.276 e. The number of hydrogen-bond acceptors (Lipinski definition) is 7. The summed E-state index contributed by atoms with van der Waals surface area (Å²) in [6.45, 7) is 0.699. The van der Waals surface area contributed by atoms with Crippen molar-refractivity contribution in [2.75, 3.05) is 24.5 Å². The lowest BCUT2D eigenvalue weighted by molar-refractivity contribution is -0.137. The molecule has 0 aliphatic heterocycles. The molecule has 2 N–H and O–H groups in total. The normalized spacial score (nSPS) is 12.3. The van der Waals surface area contributed by atoms with Crippen molar-refractivity contribution in [2.24, 2.45) is 0 Å². The van der Waals surface area contributed by atoms with E-state index in [1.165, 1.54) is 19.1 Å². The van der Waals surface area contributed by atoms with Crippen molar-refractivity contribution in [3.63, 3.8) is 0 Å². The molecule has 0 aliphatic carbocycles. The molecule has 0 saturated carbocycles. The largest absolute Gasteiger partial charge is 0.276 e. The summed E-state index contributed by atoms with van der Waals surface area (Å²) >= 11 is 6.00. The van der Waals surface area contributed by atoms with Crippen LogP contribution in [0, 0.1) is 5.82 Å². The van der Waals surface area contributed by atoms with Crippen LogP contribution in [0.1, 0.15) is 12.5 Å². The summed E-state index contributed by atoms with van der Waals surface area (Å²) in [4.78, 5) is 34.1. The molecule has 0 aliphatic rings. The highest BCUT2D eigenvalue weighted by atomic mass is 35.5. The minimum atomic E-state index is -3.62. The van der Waals surface area contributed by atoms with Crippen LogP contribution in [0.3, 0.4) is 0 Å². The Morgan fingerprint density at radius 2 is 1.94 bits per heavy atom. The first kappa shape index (κ1) is 27.4. The first-order valence-corrected chi connectivity index (χ1v) is 13.0. The van der Waals surface area contributed by atoms with Gasteiger partial charge in [-0.05, 0) is 23.1 Å². The van der Waals surface area contributed by atoms with Gasteiger partial charge < -0.3 is 0 Å². The van der Waals surface area contributed by atoms with Gasteiger partial charge in [0.05, 0.1) is 23.9 Å². The van der Waals surface area contributed by atoms with Crippen LogP contribution in [0.15, 0.2) is 54.7 Å². The number of aromatic nitrogens is 1. The van der Waals surface area contributed by atoms with Crippen LogP contribution in [-0.4, -0.2) is 56.2 Å². The first-order chi connectivity index (χ1) is 17.1. The number of hydroxylamine groups is 1. The third-order valence-electron chi connectivity index (χ3n) is 5.10. The Labute approximate surface area is 213 Å². The third-order valence-corrected chi connectivity index (χ3v) is 6.22. The monoisotopic (exact) mass is 537 g/mol. The smallest absolute Gasteiger partial charge is 0.239 e. The molecule has 3 aromatic rings. The molecule has 1 atom stereocenters. The van der Waals surface area contributed by atoms with Crippen molar-refractivity contribution in [2.45, 2.75) is 19.5 Å². The van der Waals surface area contributed by atoms with E-state index in [0.717, 1.165) is 27.1 Å². The van der Waals surface area contributed by atoms with Gasteiger partial charge in [-0.15, -0.1) is 0 Å². The van der Waals surface area contributed by atoms with E-state index < -0.39 is 27.8 Å². The Hall–Kier alpha value is -3.16. The van der Waals surface area contributed by atoms with Crippen LogP contribution < -0.4 is 15.2 Å². The number of pyridine rings is 1. The molecular formula is C23H25ClFN5O5S. The Balaban J connectivity index is 1.79. The molecule has 10 nitrogen and oxygen atoms in total. The molecule has 0 bridgehead atoms. The fourth-order valence-electron chi connectivity index (χ4n) is 3.33. The predicted octanol–water partition coefficient (Wildman–Crippen LogP) is 2.39. The number of sulfonamides is 1. The van der Waals surface area contributed by atoms with Crippen LogP contribution >= 0.6 is 11.6 Å². The van der Waals surface area contributed by atoms with E-state index in [4.69, 9.17) is 16.4 Å². The molecule has 1 heterocycles. The quantitative estimate of drug-likeness (QED) is 0.269. The Kier molecular flexibility index (Phi) is 9.29. The highest BCUT2D eigenvalue weighted by Gasteiger charge is 2.25. The summed E-state index contributed by atoms with van der Waals surface area (Å²) in [5.74, 6) is -0.895. The van der Waals surface area contributed by atoms with Gasteiger partial charge in [0.15, 0.2) is 5.82 Å². The number of carbonyl (C=O) groups excluding carboxylic acids is 2. The van der Waals surface area contributed by atoms with Crippen LogP contribution in [0.2, 0.25) is 5.02 Å². The molecule has 0 radical (unpaired) electrons. The highest BCUT2D eigenvalue weighted by Crippen LogP contribution is 2.20. The van der Waals surface area contributed by atoms with Crippen LogP contribution in [0.25, 0.3) is 10.8 Å². The molecule has 13 heteroatoms. The molecule has 0 spiro atoms. The second-order valence-electron chi connectivity index (χ2n) is 7.83. The van der Waals surface area contributed by atoms with Crippen LogP contribution in [0.4, 0.5) is 10.2 Å². The molecule has 36 heavy (non-hydrogen) atoms. The third kappa shape index (κ3) is 7.42. The maximum absolute atomic E-state index is 13.8. The lowest BCUT2D eigenvalue weighted by Crippen LogP contribution is -2.55. The minimum absolute atomic E-state index is 0.0326. The fraction of sp³-hybridized carbons (Fsp3) is 0.261. The number of anilines is 1. The van der Waals surface area contributed by atoms with Gasteiger partial charge in [-0.3, -0.25) is 19.4 Å². The SMILES string of the molecule is CC(=O)N(NCc1cccc(F)c1Cl)[C@@H](CNS(C)(=O)=O)CON(C=O)c1cc2ccccc2cn1. The van der Waals surface area contributed by atoms with Crippen molar-refractivity contribution in [3.8, 4) is 0 Å². The van der Waals surface area contributed by atoms with Gasteiger partial charge >= 0.3 is 0 Å². The number of fused-ring (bicyclic) bond motifs is 1. The Morgan fingerprint density at radius 1 is 1.22 bits per heavy atom. The van der Waals surface area contributed by atoms with Crippen molar-refractivity contribution < 1.29 is 27.2 Å². The zero-order valence-corrected chi connectivity index (χ0v) is 21.1. The molecule has 0 fully saturated rings. The molecule has 192 valence electrons. The summed E-state index contributed by atoms with van der Waals surface area (Å²) in [6, 6.07) is 12.4. The molecule has 0 saturated heterocycles. The maximum atomic E-state index is 13.8. The number of hydrogen-bond donors (Lipinski definition) is 2. The number of amides is 2. The predicted molar refractivity (Wildman–Crippen MR) is 134 cm³/mol. The number of halogens is 2. The van der Waals surface area contributed by atoms with E-state index in [9.17, 15) is 22.4 Å². The standard InChI is InChI=1S/C23H25ClFN5O5S/c1-16(32)30(27-12-19-8-5-9-21(25)23(19)24)20(13-28-36(2,33)34)14-35-29(15-31)22-10-17-6-3-4-7-18(17)11-26-22/h3-11,15,20,27-28H,12-14H2,1-2H3/t20-/m0/s1. The van der Waals surface area contributed by atoms with E-state index in [0.29, 0.717) is 12.0 Å². The summed E-state index contributed by atoms with van der Waals surface area (Å²) in [5.41, 5.74) is 3.22. The number of nitrogens with one attached hydrogen (secondary N) is 2. The average molecular weight is 538 g/mol. The fourth-order valence-corrected chi connectivity index (χ4v) is 4.02. The van der Waals surface area contributed by atoms with Crippen LogP contribution in [-0.2, 0) is 31.0 Å². The van der Waals surface area contributed by atoms with E-state index in [1.807, 2.05) is 24.3 Å². The molecule has 0 unspecified atom stereocenters. The number of benzene rings is 2.